The van der Waals surface area contributed by atoms with Crippen molar-refractivity contribution in [3.63, 3.8) is 0 Å². The highest BCUT2D eigenvalue weighted by molar-refractivity contribution is 5.00. The van der Waals surface area contributed by atoms with Gasteiger partial charge in [0.2, 0.25) is 0 Å². The number of aromatic nitrogens is 2. The minimum absolute atomic E-state index is 0.306. The Balaban J connectivity index is 2.45. The van der Waals surface area contributed by atoms with Crippen LogP contribution in [0.15, 0.2) is 15.8 Å². The molecule has 2 N–H and O–H groups in total. The van der Waals surface area contributed by atoms with Crippen LogP contribution in [-0.2, 0) is 6.54 Å². The molecule has 0 bridgehead atoms. The lowest BCUT2D eigenvalue weighted by atomic mass is 10.1. The van der Waals surface area contributed by atoms with Crippen LogP contribution in [0.25, 0.3) is 0 Å². The maximum atomic E-state index is 11.4. The SMILES string of the molecule is Cc1cn(CCNCCC(C)C)c(=O)[nH]c1=O. The highest BCUT2D eigenvalue weighted by Crippen LogP contribution is 1.95. The van der Waals surface area contributed by atoms with Crippen molar-refractivity contribution in [2.75, 3.05) is 13.1 Å². The molecule has 17 heavy (non-hydrogen) atoms. The number of rotatable bonds is 6. The van der Waals surface area contributed by atoms with Crippen LogP contribution in [0, 0.1) is 12.8 Å². The molecule has 5 heteroatoms. The monoisotopic (exact) mass is 239 g/mol. The largest absolute Gasteiger partial charge is 0.328 e. The minimum atomic E-state index is -0.341. The minimum Gasteiger partial charge on any atom is -0.315 e. The topological polar surface area (TPSA) is 66.9 Å². The zero-order valence-electron chi connectivity index (χ0n) is 10.7. The Morgan fingerprint density at radius 2 is 2.06 bits per heavy atom. The average molecular weight is 239 g/mol. The molecule has 0 aliphatic carbocycles. The maximum Gasteiger partial charge on any atom is 0.328 e. The predicted octanol–water partition coefficient (Wildman–Crippen LogP) is 0.481. The van der Waals surface area contributed by atoms with Gasteiger partial charge in [0, 0.05) is 24.8 Å². The quantitative estimate of drug-likeness (QED) is 0.710. The van der Waals surface area contributed by atoms with Crippen molar-refractivity contribution in [3.05, 3.63) is 32.6 Å². The molecular weight excluding hydrogens is 218 g/mol. The predicted molar refractivity (Wildman–Crippen MR) is 68.4 cm³/mol. The summed E-state index contributed by atoms with van der Waals surface area (Å²) in [5.41, 5.74) is -0.0861. The van der Waals surface area contributed by atoms with Crippen LogP contribution < -0.4 is 16.6 Å². The highest BCUT2D eigenvalue weighted by Gasteiger charge is 2.00. The Hall–Kier alpha value is -1.36. The third kappa shape index (κ3) is 4.56. The molecule has 0 fully saturated rings. The molecule has 1 heterocycles. The van der Waals surface area contributed by atoms with E-state index in [-0.39, 0.29) is 11.2 Å². The van der Waals surface area contributed by atoms with Crippen LogP contribution >= 0.6 is 0 Å². The Kier molecular flexibility index (Phi) is 5.15. The van der Waals surface area contributed by atoms with Gasteiger partial charge in [0.25, 0.3) is 5.56 Å². The maximum absolute atomic E-state index is 11.4. The zero-order valence-corrected chi connectivity index (χ0v) is 10.7. The van der Waals surface area contributed by atoms with Gasteiger partial charge in [-0.25, -0.2) is 4.79 Å². The van der Waals surface area contributed by atoms with Crippen LogP contribution in [0.4, 0.5) is 0 Å². The summed E-state index contributed by atoms with van der Waals surface area (Å²) in [5.74, 6) is 0.681. The number of aryl methyl sites for hydroxylation is 1. The van der Waals surface area contributed by atoms with Gasteiger partial charge < -0.3 is 5.32 Å². The molecule has 1 aromatic heterocycles. The number of hydrogen-bond donors (Lipinski definition) is 2. The normalized spacial score (nSPS) is 11.1. The Morgan fingerprint density at radius 3 is 2.71 bits per heavy atom. The van der Waals surface area contributed by atoms with Gasteiger partial charge in [-0.2, -0.15) is 0 Å². The van der Waals surface area contributed by atoms with Crippen LogP contribution in [0.3, 0.4) is 0 Å². The Bertz CT molecular complexity index is 460. The molecule has 1 rings (SSSR count). The lowest BCUT2D eigenvalue weighted by Gasteiger charge is -2.08. The van der Waals surface area contributed by atoms with Gasteiger partial charge in [0.05, 0.1) is 0 Å². The van der Waals surface area contributed by atoms with Crippen LogP contribution in [0.5, 0.6) is 0 Å². The van der Waals surface area contributed by atoms with E-state index in [9.17, 15) is 9.59 Å². The van der Waals surface area contributed by atoms with Crippen molar-refractivity contribution in [3.8, 4) is 0 Å². The summed E-state index contributed by atoms with van der Waals surface area (Å²) in [4.78, 5) is 24.9. The lowest BCUT2D eigenvalue weighted by Crippen LogP contribution is -2.33. The highest BCUT2D eigenvalue weighted by atomic mass is 16.2. The van der Waals surface area contributed by atoms with Crippen molar-refractivity contribution in [1.29, 1.82) is 0 Å². The first kappa shape index (κ1) is 13.7. The van der Waals surface area contributed by atoms with Gasteiger partial charge >= 0.3 is 5.69 Å². The van der Waals surface area contributed by atoms with E-state index in [2.05, 4.69) is 24.1 Å². The van der Waals surface area contributed by atoms with Crippen molar-refractivity contribution in [2.45, 2.75) is 33.7 Å². The van der Waals surface area contributed by atoms with Crippen molar-refractivity contribution >= 4 is 0 Å². The summed E-state index contributed by atoms with van der Waals surface area (Å²) in [6, 6.07) is 0. The summed E-state index contributed by atoms with van der Waals surface area (Å²) in [6.07, 6.45) is 2.73. The molecule has 1 aromatic rings. The van der Waals surface area contributed by atoms with E-state index in [1.54, 1.807) is 13.1 Å². The van der Waals surface area contributed by atoms with Crippen LogP contribution in [0.1, 0.15) is 25.8 Å². The fraction of sp³-hybridized carbons (Fsp3) is 0.667. The average Bonchev–Trinajstić information content (AvgIpc) is 2.24. The summed E-state index contributed by atoms with van der Waals surface area (Å²) in [6.45, 7) is 8.32. The molecule has 0 amide bonds. The standard InChI is InChI=1S/C12H21N3O2/c1-9(2)4-5-13-6-7-15-8-10(3)11(16)14-12(15)17/h8-9,13H,4-7H2,1-3H3,(H,14,16,17). The molecule has 0 aliphatic heterocycles. The number of nitrogens with zero attached hydrogens (tertiary/aromatic N) is 1. The van der Waals surface area contributed by atoms with Crippen molar-refractivity contribution in [1.82, 2.24) is 14.9 Å². The molecule has 5 nitrogen and oxygen atoms in total. The fourth-order valence-corrected chi connectivity index (χ4v) is 1.50. The van der Waals surface area contributed by atoms with Gasteiger partial charge in [0.15, 0.2) is 0 Å². The van der Waals surface area contributed by atoms with Gasteiger partial charge in [-0.1, -0.05) is 13.8 Å². The molecule has 0 atom stereocenters. The fourth-order valence-electron chi connectivity index (χ4n) is 1.50. The van der Waals surface area contributed by atoms with Crippen LogP contribution in [0.2, 0.25) is 0 Å². The van der Waals surface area contributed by atoms with Gasteiger partial charge in [-0.05, 0) is 25.8 Å². The molecule has 0 aliphatic rings. The summed E-state index contributed by atoms with van der Waals surface area (Å²) in [7, 11) is 0. The molecule has 96 valence electrons. The van der Waals surface area contributed by atoms with Crippen LogP contribution in [-0.4, -0.2) is 22.6 Å². The number of hydrogen-bond acceptors (Lipinski definition) is 3. The smallest absolute Gasteiger partial charge is 0.315 e. The molecule has 0 unspecified atom stereocenters. The Morgan fingerprint density at radius 1 is 1.35 bits per heavy atom. The molecule has 0 radical (unpaired) electrons. The molecular formula is C12H21N3O2. The van der Waals surface area contributed by atoms with E-state index in [0.717, 1.165) is 19.5 Å². The van der Waals surface area contributed by atoms with E-state index in [4.69, 9.17) is 0 Å². The van der Waals surface area contributed by atoms with Gasteiger partial charge in [0.1, 0.15) is 0 Å². The van der Waals surface area contributed by atoms with E-state index in [1.807, 2.05) is 0 Å². The first-order valence-corrected chi connectivity index (χ1v) is 6.02. The molecule has 0 aromatic carbocycles. The number of nitrogens with one attached hydrogen (secondary N) is 2. The van der Waals surface area contributed by atoms with E-state index < -0.39 is 0 Å². The van der Waals surface area contributed by atoms with E-state index >= 15 is 0 Å². The van der Waals surface area contributed by atoms with Gasteiger partial charge in [-0.3, -0.25) is 14.3 Å². The Labute approximate surface area is 101 Å². The molecule has 0 saturated heterocycles. The van der Waals surface area contributed by atoms with Crippen molar-refractivity contribution < 1.29 is 0 Å². The lowest BCUT2D eigenvalue weighted by molar-refractivity contribution is 0.512. The molecule has 0 saturated carbocycles. The zero-order chi connectivity index (χ0) is 12.8. The first-order chi connectivity index (χ1) is 8.00. The second-order valence-corrected chi connectivity index (χ2v) is 4.70. The molecule has 0 spiro atoms. The summed E-state index contributed by atoms with van der Waals surface area (Å²) >= 11 is 0. The third-order valence-corrected chi connectivity index (χ3v) is 2.62. The van der Waals surface area contributed by atoms with Gasteiger partial charge in [-0.15, -0.1) is 0 Å². The second kappa shape index (κ2) is 6.39. The summed E-state index contributed by atoms with van der Waals surface area (Å²) < 4.78 is 1.53. The number of H-pyrrole nitrogens is 1. The van der Waals surface area contributed by atoms with E-state index in [1.165, 1.54) is 4.57 Å². The van der Waals surface area contributed by atoms with E-state index in [0.29, 0.717) is 18.0 Å². The van der Waals surface area contributed by atoms with Crippen molar-refractivity contribution in [2.24, 2.45) is 5.92 Å². The number of aromatic amines is 1. The third-order valence-electron chi connectivity index (χ3n) is 2.62. The summed E-state index contributed by atoms with van der Waals surface area (Å²) in [5, 5.41) is 3.27. The second-order valence-electron chi connectivity index (χ2n) is 4.70. The first-order valence-electron chi connectivity index (χ1n) is 6.02.